The van der Waals surface area contributed by atoms with Crippen LogP contribution in [0.3, 0.4) is 0 Å². The van der Waals surface area contributed by atoms with Gasteiger partial charge in [-0.05, 0) is 30.3 Å². The summed E-state index contributed by atoms with van der Waals surface area (Å²) in [5.74, 6) is 1.96. The van der Waals surface area contributed by atoms with Gasteiger partial charge in [-0.15, -0.1) is 10.2 Å². The Hall–Kier alpha value is -4.12. The Morgan fingerprint density at radius 1 is 0.944 bits per heavy atom. The van der Waals surface area contributed by atoms with E-state index in [-0.39, 0.29) is 22.2 Å². The zero-order valence-corrected chi connectivity index (χ0v) is 20.7. The van der Waals surface area contributed by atoms with Crippen LogP contribution >= 0.6 is 11.6 Å². The van der Waals surface area contributed by atoms with Crippen molar-refractivity contribution >= 4 is 29.0 Å². The SMILES string of the molecule is COc1cc(-c2ccc(N3CCN(C(=O)c4ccc([N+](=O)[O-])cc4Cl)CC3)nn2)cc(OC)c1OC. The van der Waals surface area contributed by atoms with Gasteiger partial charge < -0.3 is 24.0 Å². The fourth-order valence-electron chi connectivity index (χ4n) is 3.98. The molecule has 188 valence electrons. The number of nitro benzene ring substituents is 1. The molecule has 1 aliphatic heterocycles. The third-order valence-electron chi connectivity index (χ3n) is 5.90. The first-order valence-electron chi connectivity index (χ1n) is 11.0. The van der Waals surface area contributed by atoms with E-state index in [1.165, 1.54) is 18.2 Å². The number of halogens is 1. The predicted molar refractivity (Wildman–Crippen MR) is 133 cm³/mol. The number of hydrogen-bond donors (Lipinski definition) is 0. The standard InChI is InChI=1S/C24H24ClN5O6/c1-34-20-12-15(13-21(35-2)23(20)36-3)19-6-7-22(27-26-19)28-8-10-29(11-9-28)24(31)17-5-4-16(30(32)33)14-18(17)25/h4-7,12-14H,8-11H2,1-3H3. The Kier molecular flexibility index (Phi) is 7.39. The summed E-state index contributed by atoms with van der Waals surface area (Å²) in [5.41, 5.74) is 1.48. The normalized spacial score (nSPS) is 13.3. The van der Waals surface area contributed by atoms with Gasteiger partial charge in [-0.25, -0.2) is 0 Å². The Labute approximate surface area is 212 Å². The van der Waals surface area contributed by atoms with Crippen LogP contribution in [0.5, 0.6) is 17.2 Å². The monoisotopic (exact) mass is 513 g/mol. The van der Waals surface area contributed by atoms with Crippen molar-refractivity contribution < 1.29 is 23.9 Å². The lowest BCUT2D eigenvalue weighted by Gasteiger charge is -2.35. The summed E-state index contributed by atoms with van der Waals surface area (Å²) in [5, 5.41) is 19.7. The number of carbonyl (C=O) groups is 1. The summed E-state index contributed by atoms with van der Waals surface area (Å²) < 4.78 is 16.2. The lowest BCUT2D eigenvalue weighted by Crippen LogP contribution is -2.49. The second-order valence-electron chi connectivity index (χ2n) is 7.89. The Morgan fingerprint density at radius 2 is 1.61 bits per heavy atom. The molecule has 0 N–H and O–H groups in total. The molecule has 0 atom stereocenters. The highest BCUT2D eigenvalue weighted by Crippen LogP contribution is 2.40. The first kappa shape index (κ1) is 25.0. The van der Waals surface area contributed by atoms with E-state index in [0.29, 0.717) is 54.9 Å². The van der Waals surface area contributed by atoms with E-state index in [9.17, 15) is 14.9 Å². The summed E-state index contributed by atoms with van der Waals surface area (Å²) in [4.78, 5) is 27.0. The molecule has 11 nitrogen and oxygen atoms in total. The van der Waals surface area contributed by atoms with Gasteiger partial charge in [-0.2, -0.15) is 0 Å². The number of hydrogen-bond acceptors (Lipinski definition) is 9. The summed E-state index contributed by atoms with van der Waals surface area (Å²) in [7, 11) is 4.65. The number of anilines is 1. The number of piperazine rings is 1. The van der Waals surface area contributed by atoms with Gasteiger partial charge in [0.2, 0.25) is 5.75 Å². The minimum Gasteiger partial charge on any atom is -0.493 e. The lowest BCUT2D eigenvalue weighted by molar-refractivity contribution is -0.384. The van der Waals surface area contributed by atoms with Crippen LogP contribution in [0, 0.1) is 10.1 Å². The highest BCUT2D eigenvalue weighted by atomic mass is 35.5. The van der Waals surface area contributed by atoms with Crippen LogP contribution in [0.15, 0.2) is 42.5 Å². The molecule has 1 aromatic heterocycles. The Balaban J connectivity index is 1.44. The van der Waals surface area contributed by atoms with Crippen LogP contribution in [-0.4, -0.2) is 73.4 Å². The summed E-state index contributed by atoms with van der Waals surface area (Å²) in [6.07, 6.45) is 0. The lowest BCUT2D eigenvalue weighted by atomic mass is 10.1. The highest BCUT2D eigenvalue weighted by Gasteiger charge is 2.25. The van der Waals surface area contributed by atoms with E-state index < -0.39 is 4.92 Å². The molecule has 0 aliphatic carbocycles. The zero-order valence-electron chi connectivity index (χ0n) is 19.9. The molecule has 1 fully saturated rings. The maximum absolute atomic E-state index is 12.9. The number of aromatic nitrogens is 2. The number of benzene rings is 2. The molecule has 0 spiro atoms. The third kappa shape index (κ3) is 4.96. The van der Waals surface area contributed by atoms with Gasteiger partial charge in [-0.1, -0.05) is 11.6 Å². The molecule has 3 aromatic rings. The van der Waals surface area contributed by atoms with Gasteiger partial charge in [-0.3, -0.25) is 14.9 Å². The second-order valence-corrected chi connectivity index (χ2v) is 8.30. The number of nitrogens with zero attached hydrogens (tertiary/aromatic N) is 5. The van der Waals surface area contributed by atoms with Crippen LogP contribution in [0.2, 0.25) is 5.02 Å². The number of methoxy groups -OCH3 is 3. The van der Waals surface area contributed by atoms with Gasteiger partial charge in [0.25, 0.3) is 11.6 Å². The van der Waals surface area contributed by atoms with Crippen molar-refractivity contribution in [1.29, 1.82) is 0 Å². The molecule has 36 heavy (non-hydrogen) atoms. The van der Waals surface area contributed by atoms with Crippen molar-refractivity contribution in [3.05, 3.63) is 63.2 Å². The molecule has 1 amide bonds. The molecular weight excluding hydrogens is 490 g/mol. The molecular formula is C24H24ClN5O6. The molecule has 0 saturated carbocycles. The van der Waals surface area contributed by atoms with Crippen molar-refractivity contribution in [2.75, 3.05) is 52.4 Å². The van der Waals surface area contributed by atoms with E-state index in [1.54, 1.807) is 38.4 Å². The molecule has 4 rings (SSSR count). The quantitative estimate of drug-likeness (QED) is 0.344. The van der Waals surface area contributed by atoms with Crippen molar-refractivity contribution in [2.24, 2.45) is 0 Å². The van der Waals surface area contributed by atoms with E-state index in [2.05, 4.69) is 10.2 Å². The Morgan fingerprint density at radius 3 is 2.11 bits per heavy atom. The summed E-state index contributed by atoms with van der Waals surface area (Å²) in [6.45, 7) is 1.99. The average Bonchev–Trinajstić information content (AvgIpc) is 2.91. The van der Waals surface area contributed by atoms with E-state index in [0.717, 1.165) is 5.56 Å². The predicted octanol–water partition coefficient (Wildman–Crippen LogP) is 3.69. The minimum atomic E-state index is -0.549. The van der Waals surface area contributed by atoms with E-state index in [1.807, 2.05) is 17.0 Å². The van der Waals surface area contributed by atoms with Gasteiger partial charge in [0.05, 0.1) is 42.5 Å². The maximum atomic E-state index is 12.9. The molecule has 1 saturated heterocycles. The topological polar surface area (TPSA) is 120 Å². The molecule has 12 heteroatoms. The van der Waals surface area contributed by atoms with Crippen LogP contribution in [0.4, 0.5) is 11.5 Å². The number of amides is 1. The van der Waals surface area contributed by atoms with Gasteiger partial charge >= 0.3 is 0 Å². The molecule has 0 unspecified atom stereocenters. The summed E-state index contributed by atoms with van der Waals surface area (Å²) >= 11 is 6.13. The molecule has 1 aliphatic rings. The number of carbonyl (C=O) groups excluding carboxylic acids is 1. The van der Waals surface area contributed by atoms with Crippen LogP contribution in [0.25, 0.3) is 11.3 Å². The fourth-order valence-corrected chi connectivity index (χ4v) is 4.23. The number of ether oxygens (including phenoxy) is 3. The van der Waals surface area contributed by atoms with Crippen LogP contribution < -0.4 is 19.1 Å². The molecule has 0 bridgehead atoms. The third-order valence-corrected chi connectivity index (χ3v) is 6.21. The number of non-ortho nitro benzene ring substituents is 1. The van der Waals surface area contributed by atoms with Crippen molar-refractivity contribution in [2.45, 2.75) is 0 Å². The first-order valence-corrected chi connectivity index (χ1v) is 11.4. The van der Waals surface area contributed by atoms with Crippen LogP contribution in [0.1, 0.15) is 10.4 Å². The van der Waals surface area contributed by atoms with Crippen LogP contribution in [-0.2, 0) is 0 Å². The second kappa shape index (κ2) is 10.6. The molecule has 0 radical (unpaired) electrons. The molecule has 2 heterocycles. The smallest absolute Gasteiger partial charge is 0.270 e. The first-order chi connectivity index (χ1) is 17.4. The van der Waals surface area contributed by atoms with Gasteiger partial charge in [0.1, 0.15) is 0 Å². The van der Waals surface area contributed by atoms with Gasteiger partial charge in [0, 0.05) is 43.9 Å². The van der Waals surface area contributed by atoms with Gasteiger partial charge in [0.15, 0.2) is 17.3 Å². The van der Waals surface area contributed by atoms with E-state index in [4.69, 9.17) is 25.8 Å². The van der Waals surface area contributed by atoms with Crippen molar-refractivity contribution in [1.82, 2.24) is 15.1 Å². The fraction of sp³-hybridized carbons (Fsp3) is 0.292. The minimum absolute atomic E-state index is 0.0601. The zero-order chi connectivity index (χ0) is 25.8. The molecule has 2 aromatic carbocycles. The average molecular weight is 514 g/mol. The van der Waals surface area contributed by atoms with Crippen molar-refractivity contribution in [3.8, 4) is 28.5 Å². The Bertz CT molecular complexity index is 1250. The highest BCUT2D eigenvalue weighted by molar-refractivity contribution is 6.34. The summed E-state index contributed by atoms with van der Waals surface area (Å²) in [6, 6.07) is 11.2. The van der Waals surface area contributed by atoms with E-state index >= 15 is 0 Å². The number of rotatable bonds is 7. The number of nitro groups is 1. The maximum Gasteiger partial charge on any atom is 0.270 e. The largest absolute Gasteiger partial charge is 0.493 e. The van der Waals surface area contributed by atoms with Crippen molar-refractivity contribution in [3.63, 3.8) is 0 Å².